The summed E-state index contributed by atoms with van der Waals surface area (Å²) in [5.74, 6) is -1.04. The molecule has 0 saturated heterocycles. The molecule has 106 valence electrons. The van der Waals surface area contributed by atoms with E-state index in [9.17, 15) is 13.8 Å². The molecule has 0 rings (SSSR count). The molecule has 0 radical (unpaired) electrons. The van der Waals surface area contributed by atoms with Crippen LogP contribution < -0.4 is 0 Å². The van der Waals surface area contributed by atoms with Gasteiger partial charge in [-0.25, -0.2) is 0 Å². The van der Waals surface area contributed by atoms with Crippen LogP contribution >= 0.6 is 0 Å². The van der Waals surface area contributed by atoms with Gasteiger partial charge in [0.2, 0.25) is 5.91 Å². The molecule has 0 heterocycles. The number of hydrogen-bond acceptors (Lipinski definition) is 4. The monoisotopic (exact) mass is 277 g/mol. The topological polar surface area (TPSA) is 63.7 Å². The van der Waals surface area contributed by atoms with Crippen LogP contribution in [-0.4, -0.2) is 52.2 Å². The SMILES string of the molecule is CCN(CC)C(=O)CS(=O)C(C)C(C)C(=O)OC. The van der Waals surface area contributed by atoms with Crippen molar-refractivity contribution in [3.8, 4) is 0 Å². The first kappa shape index (κ1) is 17.1. The number of esters is 1. The predicted molar refractivity (Wildman–Crippen MR) is 71.6 cm³/mol. The number of amides is 1. The van der Waals surface area contributed by atoms with Crippen molar-refractivity contribution in [1.29, 1.82) is 0 Å². The number of methoxy groups -OCH3 is 1. The molecule has 18 heavy (non-hydrogen) atoms. The summed E-state index contributed by atoms with van der Waals surface area (Å²) in [5, 5.41) is -0.392. The minimum absolute atomic E-state index is 0.0375. The van der Waals surface area contributed by atoms with Gasteiger partial charge in [-0.1, -0.05) is 6.92 Å². The number of carbonyl (C=O) groups is 2. The molecule has 0 aromatic heterocycles. The van der Waals surface area contributed by atoms with Crippen LogP contribution in [0, 0.1) is 5.92 Å². The van der Waals surface area contributed by atoms with Crippen LogP contribution in [0.1, 0.15) is 27.7 Å². The fourth-order valence-electron chi connectivity index (χ4n) is 1.53. The first-order chi connectivity index (χ1) is 8.38. The second-order valence-corrected chi connectivity index (χ2v) is 5.90. The lowest BCUT2D eigenvalue weighted by atomic mass is 10.1. The molecule has 5 nitrogen and oxygen atoms in total. The molecule has 0 fully saturated rings. The molecule has 6 heteroatoms. The lowest BCUT2D eigenvalue weighted by Crippen LogP contribution is -2.37. The highest BCUT2D eigenvalue weighted by atomic mass is 32.2. The summed E-state index contributed by atoms with van der Waals surface area (Å²) in [6.07, 6.45) is 0. The highest BCUT2D eigenvalue weighted by Gasteiger charge is 2.27. The zero-order valence-corrected chi connectivity index (χ0v) is 12.6. The van der Waals surface area contributed by atoms with Crippen LogP contribution in [0.3, 0.4) is 0 Å². The Morgan fingerprint density at radius 2 is 1.72 bits per heavy atom. The molecule has 0 N–H and O–H groups in total. The van der Waals surface area contributed by atoms with Gasteiger partial charge in [-0.3, -0.25) is 13.8 Å². The van der Waals surface area contributed by atoms with Gasteiger partial charge in [0.1, 0.15) is 5.75 Å². The summed E-state index contributed by atoms with van der Waals surface area (Å²) >= 11 is 0. The third-order valence-corrected chi connectivity index (χ3v) is 4.84. The number of carbonyl (C=O) groups excluding carboxylic acids is 2. The first-order valence-electron chi connectivity index (χ1n) is 6.11. The normalized spacial score (nSPS) is 15.6. The Morgan fingerprint density at radius 1 is 1.22 bits per heavy atom. The average molecular weight is 277 g/mol. The molecule has 0 aromatic carbocycles. The number of rotatable bonds is 7. The van der Waals surface area contributed by atoms with Crippen molar-refractivity contribution in [3.05, 3.63) is 0 Å². The van der Waals surface area contributed by atoms with E-state index in [-0.39, 0.29) is 11.7 Å². The Balaban J connectivity index is 4.49. The molecule has 0 aliphatic rings. The van der Waals surface area contributed by atoms with E-state index >= 15 is 0 Å². The van der Waals surface area contributed by atoms with E-state index in [2.05, 4.69) is 4.74 Å². The van der Waals surface area contributed by atoms with Crippen molar-refractivity contribution >= 4 is 22.7 Å². The van der Waals surface area contributed by atoms with Crippen molar-refractivity contribution < 1.29 is 18.5 Å². The molecule has 0 aliphatic carbocycles. The lowest BCUT2D eigenvalue weighted by Gasteiger charge is -2.21. The van der Waals surface area contributed by atoms with Crippen molar-refractivity contribution in [3.63, 3.8) is 0 Å². The molecule has 3 unspecified atom stereocenters. The molecule has 3 atom stereocenters. The Morgan fingerprint density at radius 3 is 2.11 bits per heavy atom. The van der Waals surface area contributed by atoms with Crippen LogP contribution in [0.25, 0.3) is 0 Å². The smallest absolute Gasteiger partial charge is 0.309 e. The molecule has 1 amide bonds. The summed E-state index contributed by atoms with van der Waals surface area (Å²) in [4.78, 5) is 24.8. The highest BCUT2D eigenvalue weighted by molar-refractivity contribution is 7.86. The Labute approximate surface area is 111 Å². The van der Waals surface area contributed by atoms with E-state index in [1.807, 2.05) is 13.8 Å². The minimum atomic E-state index is -1.36. The second kappa shape index (κ2) is 8.24. The summed E-state index contributed by atoms with van der Waals surface area (Å²) < 4.78 is 16.6. The Kier molecular flexibility index (Phi) is 7.82. The summed E-state index contributed by atoms with van der Waals surface area (Å²) in [5.41, 5.74) is 0. The number of nitrogens with zero attached hydrogens (tertiary/aromatic N) is 1. The fourth-order valence-corrected chi connectivity index (χ4v) is 2.78. The van der Waals surface area contributed by atoms with Crippen LogP contribution in [-0.2, 0) is 25.1 Å². The third kappa shape index (κ3) is 4.76. The Hall–Kier alpha value is -0.910. The second-order valence-electron chi connectivity index (χ2n) is 4.11. The maximum Gasteiger partial charge on any atom is 0.309 e. The first-order valence-corrected chi connectivity index (χ1v) is 7.49. The molecule has 0 aliphatic heterocycles. The predicted octanol–water partition coefficient (Wildman–Crippen LogP) is 0.801. The molecule has 0 spiro atoms. The van der Waals surface area contributed by atoms with E-state index in [1.165, 1.54) is 7.11 Å². The van der Waals surface area contributed by atoms with Gasteiger partial charge in [0, 0.05) is 29.1 Å². The zero-order valence-electron chi connectivity index (χ0n) is 11.8. The maximum atomic E-state index is 12.0. The van der Waals surface area contributed by atoms with E-state index in [0.717, 1.165) is 0 Å². The van der Waals surface area contributed by atoms with Gasteiger partial charge in [-0.2, -0.15) is 0 Å². The maximum absolute atomic E-state index is 12.0. The van der Waals surface area contributed by atoms with Crippen LogP contribution in [0.5, 0.6) is 0 Å². The third-order valence-electron chi connectivity index (χ3n) is 3.07. The molecule has 0 bridgehead atoms. The van der Waals surface area contributed by atoms with E-state index < -0.39 is 27.9 Å². The van der Waals surface area contributed by atoms with Crippen molar-refractivity contribution in [1.82, 2.24) is 4.90 Å². The zero-order chi connectivity index (χ0) is 14.3. The molecule has 0 aromatic rings. The molecule has 0 saturated carbocycles. The van der Waals surface area contributed by atoms with Crippen molar-refractivity contribution in [2.75, 3.05) is 26.0 Å². The summed E-state index contributed by atoms with van der Waals surface area (Å²) in [6.45, 7) is 8.33. The van der Waals surface area contributed by atoms with Crippen LogP contribution in [0.2, 0.25) is 0 Å². The quantitative estimate of drug-likeness (QED) is 0.646. The number of ether oxygens (including phenoxy) is 1. The van der Waals surface area contributed by atoms with Crippen molar-refractivity contribution in [2.24, 2.45) is 5.92 Å². The number of hydrogen-bond donors (Lipinski definition) is 0. The standard InChI is InChI=1S/C12H23NO4S/c1-6-13(7-2)11(14)8-18(16)10(4)9(3)12(15)17-5/h9-10H,6-8H2,1-5H3. The lowest BCUT2D eigenvalue weighted by molar-refractivity contribution is -0.144. The van der Waals surface area contributed by atoms with Crippen molar-refractivity contribution in [2.45, 2.75) is 32.9 Å². The Bertz CT molecular complexity index is 315. The van der Waals surface area contributed by atoms with E-state index in [0.29, 0.717) is 13.1 Å². The van der Waals surface area contributed by atoms with E-state index in [4.69, 9.17) is 0 Å². The van der Waals surface area contributed by atoms with Gasteiger partial charge in [-0.15, -0.1) is 0 Å². The van der Waals surface area contributed by atoms with Gasteiger partial charge < -0.3 is 9.64 Å². The van der Waals surface area contributed by atoms with Gasteiger partial charge in [-0.05, 0) is 20.8 Å². The van der Waals surface area contributed by atoms with Gasteiger partial charge >= 0.3 is 5.97 Å². The summed E-state index contributed by atoms with van der Waals surface area (Å²) in [7, 11) is -0.0618. The summed E-state index contributed by atoms with van der Waals surface area (Å²) in [6, 6.07) is 0. The van der Waals surface area contributed by atoms with Crippen LogP contribution in [0.4, 0.5) is 0 Å². The van der Waals surface area contributed by atoms with E-state index in [1.54, 1.807) is 18.7 Å². The molecular weight excluding hydrogens is 254 g/mol. The fraction of sp³-hybridized carbons (Fsp3) is 0.833. The largest absolute Gasteiger partial charge is 0.469 e. The highest BCUT2D eigenvalue weighted by Crippen LogP contribution is 2.12. The van der Waals surface area contributed by atoms with Gasteiger partial charge in [0.25, 0.3) is 0 Å². The van der Waals surface area contributed by atoms with Crippen LogP contribution in [0.15, 0.2) is 0 Å². The minimum Gasteiger partial charge on any atom is -0.469 e. The van der Waals surface area contributed by atoms with Gasteiger partial charge in [0.05, 0.1) is 13.0 Å². The van der Waals surface area contributed by atoms with Gasteiger partial charge in [0.15, 0.2) is 0 Å². The average Bonchev–Trinajstić information content (AvgIpc) is 2.37. The molecular formula is C12H23NO4S.